The molecule has 0 aromatic rings. The number of hydrogen-bond acceptors (Lipinski definition) is 2. The molecule has 0 saturated carbocycles. The molecule has 0 rings (SSSR count). The fourth-order valence-electron chi connectivity index (χ4n) is 0.843. The Morgan fingerprint density at radius 3 is 1.50 bits per heavy atom. The van der Waals surface area contributed by atoms with E-state index in [4.69, 9.17) is 5.41 Å². The molecule has 0 spiro atoms. The summed E-state index contributed by atoms with van der Waals surface area (Å²) in [6, 6.07) is 0. The molecule has 2 N–H and O–H groups in total. The minimum absolute atomic E-state index is 0.441. The average molecular weight is 203 g/mol. The van der Waals surface area contributed by atoms with Crippen LogP contribution in [0.25, 0.3) is 0 Å². The van der Waals surface area contributed by atoms with E-state index in [0.29, 0.717) is 5.33 Å². The van der Waals surface area contributed by atoms with Crippen molar-refractivity contribution in [1.82, 2.24) is 0 Å². The van der Waals surface area contributed by atoms with Gasteiger partial charge in [0, 0.05) is 5.33 Å². The van der Waals surface area contributed by atoms with Crippen LogP contribution in [0.15, 0.2) is 0 Å². The molecule has 0 aliphatic carbocycles. The fourth-order valence-corrected chi connectivity index (χ4v) is 5.13. The molecule has 0 heterocycles. The molecular weight excluding hydrogens is 182 g/mol. The lowest BCUT2D eigenvalue weighted by Gasteiger charge is -2.30. The zero-order chi connectivity index (χ0) is 10.2. The highest BCUT2D eigenvalue weighted by Gasteiger charge is 2.34. The van der Waals surface area contributed by atoms with Crippen LogP contribution in [0.2, 0.25) is 39.3 Å². The molecule has 4 heteroatoms. The summed E-state index contributed by atoms with van der Waals surface area (Å²) >= 11 is 0. The normalized spacial score (nSPS) is 15.9. The molecule has 2 nitrogen and oxygen atoms in total. The molecule has 12 heavy (non-hydrogen) atoms. The Hall–Kier alpha value is 0.0638. The van der Waals surface area contributed by atoms with Crippen molar-refractivity contribution in [3.8, 4) is 0 Å². The smallest absolute Gasteiger partial charge is 0.0980 e. The monoisotopic (exact) mass is 203 g/mol. The van der Waals surface area contributed by atoms with Crippen LogP contribution in [0.5, 0.6) is 0 Å². The van der Waals surface area contributed by atoms with Crippen molar-refractivity contribution in [1.29, 1.82) is 5.41 Å². The Labute approximate surface area is 77.5 Å². The van der Waals surface area contributed by atoms with E-state index in [0.717, 1.165) is 0 Å². The van der Waals surface area contributed by atoms with E-state index in [2.05, 4.69) is 39.3 Å². The van der Waals surface area contributed by atoms with E-state index < -0.39 is 21.9 Å². The van der Waals surface area contributed by atoms with Crippen LogP contribution in [0, 0.1) is 5.41 Å². The summed E-state index contributed by atoms with van der Waals surface area (Å²) in [6.45, 7) is 12.6. The summed E-state index contributed by atoms with van der Waals surface area (Å²) in [5.41, 5.74) is -0.441. The maximum atomic E-state index is 9.86. The van der Waals surface area contributed by atoms with Crippen molar-refractivity contribution in [3.05, 3.63) is 0 Å². The minimum Gasteiger partial charge on any atom is -0.391 e. The minimum atomic E-state index is -1.57. The predicted octanol–water partition coefficient (Wildman–Crippen LogP) is 2.12. The molecule has 0 amide bonds. The van der Waals surface area contributed by atoms with E-state index in [9.17, 15) is 5.11 Å². The summed E-state index contributed by atoms with van der Waals surface area (Å²) in [5.74, 6) is 0. The predicted molar refractivity (Wildman–Crippen MR) is 60.4 cm³/mol. The standard InChI is InChI=1S/C8H21NOSi2/c1-11(2,3)7(9)8(10)12(4,5)6/h8-10H,1-6H3. The maximum absolute atomic E-state index is 9.86. The van der Waals surface area contributed by atoms with Gasteiger partial charge in [0.1, 0.15) is 0 Å². The van der Waals surface area contributed by atoms with Crippen molar-refractivity contribution in [3.63, 3.8) is 0 Å². The number of nitrogens with one attached hydrogen (secondary N) is 1. The zero-order valence-corrected chi connectivity index (χ0v) is 11.0. The molecule has 0 radical (unpaired) electrons. The van der Waals surface area contributed by atoms with Gasteiger partial charge in [-0.25, -0.2) is 0 Å². The highest BCUT2D eigenvalue weighted by molar-refractivity contribution is 7.07. The first-order chi connectivity index (χ1) is 5.07. The van der Waals surface area contributed by atoms with Gasteiger partial charge in [0.05, 0.1) is 21.9 Å². The molecule has 0 saturated heterocycles. The Morgan fingerprint density at radius 2 is 1.42 bits per heavy atom. The number of aliphatic hydroxyl groups excluding tert-OH is 1. The molecule has 0 aliphatic rings. The van der Waals surface area contributed by atoms with Crippen molar-refractivity contribution in [2.45, 2.75) is 45.0 Å². The zero-order valence-electron chi connectivity index (χ0n) is 9.02. The summed E-state index contributed by atoms with van der Waals surface area (Å²) < 4.78 is 0. The Balaban J connectivity index is 4.53. The van der Waals surface area contributed by atoms with Gasteiger partial charge >= 0.3 is 0 Å². The first kappa shape index (κ1) is 12.1. The summed E-state index contributed by atoms with van der Waals surface area (Å²) in [7, 11) is -3.13. The largest absolute Gasteiger partial charge is 0.391 e. The topological polar surface area (TPSA) is 44.1 Å². The molecule has 1 unspecified atom stereocenters. The first-order valence-electron chi connectivity index (χ1n) is 4.34. The number of rotatable bonds is 3. The van der Waals surface area contributed by atoms with Gasteiger partial charge in [-0.1, -0.05) is 39.3 Å². The Morgan fingerprint density at radius 1 is 1.08 bits per heavy atom. The Kier molecular flexibility index (Phi) is 3.45. The van der Waals surface area contributed by atoms with Crippen LogP contribution in [-0.4, -0.2) is 32.3 Å². The van der Waals surface area contributed by atoms with Crippen molar-refractivity contribution in [2.24, 2.45) is 0 Å². The van der Waals surface area contributed by atoms with Crippen LogP contribution in [-0.2, 0) is 0 Å². The Bertz CT molecular complexity index is 178. The summed E-state index contributed by atoms with van der Waals surface area (Å²) in [5, 5.41) is 18.3. The SMILES string of the molecule is C[Si](C)(C)C(=N)C(O)[Si](C)(C)C. The van der Waals surface area contributed by atoms with Crippen molar-refractivity contribution >= 4 is 21.5 Å². The van der Waals surface area contributed by atoms with Crippen LogP contribution >= 0.6 is 0 Å². The van der Waals surface area contributed by atoms with Gasteiger partial charge in [-0.15, -0.1) is 0 Å². The van der Waals surface area contributed by atoms with E-state index in [1.54, 1.807) is 0 Å². The van der Waals surface area contributed by atoms with Gasteiger partial charge in [0.2, 0.25) is 0 Å². The lowest BCUT2D eigenvalue weighted by atomic mass is 10.8. The van der Waals surface area contributed by atoms with E-state index >= 15 is 0 Å². The molecule has 1 atom stereocenters. The van der Waals surface area contributed by atoms with Gasteiger partial charge in [0.25, 0.3) is 0 Å². The molecule has 0 fully saturated rings. The quantitative estimate of drug-likeness (QED) is 0.535. The highest BCUT2D eigenvalue weighted by Crippen LogP contribution is 2.14. The third-order valence-electron chi connectivity index (χ3n) is 1.90. The molecule has 0 aromatic heterocycles. The lowest BCUT2D eigenvalue weighted by Crippen LogP contribution is -2.52. The molecular formula is C8H21NOSi2. The van der Waals surface area contributed by atoms with Gasteiger partial charge in [0.15, 0.2) is 0 Å². The maximum Gasteiger partial charge on any atom is 0.0980 e. The van der Waals surface area contributed by atoms with Gasteiger partial charge < -0.3 is 10.5 Å². The van der Waals surface area contributed by atoms with Gasteiger partial charge in [-0.3, -0.25) is 0 Å². The van der Waals surface area contributed by atoms with Crippen LogP contribution in [0.1, 0.15) is 0 Å². The fraction of sp³-hybridized carbons (Fsp3) is 0.875. The molecule has 0 bridgehead atoms. The third-order valence-corrected chi connectivity index (χ3v) is 6.01. The molecule has 0 aliphatic heterocycles. The second-order valence-corrected chi connectivity index (χ2v) is 15.7. The second kappa shape index (κ2) is 3.43. The van der Waals surface area contributed by atoms with E-state index in [1.807, 2.05) is 0 Å². The number of aliphatic hydroxyl groups is 1. The third kappa shape index (κ3) is 3.20. The summed E-state index contributed by atoms with van der Waals surface area (Å²) in [4.78, 5) is 0. The van der Waals surface area contributed by atoms with E-state index in [1.165, 1.54) is 0 Å². The first-order valence-corrected chi connectivity index (χ1v) is 11.4. The van der Waals surface area contributed by atoms with Crippen LogP contribution < -0.4 is 0 Å². The lowest BCUT2D eigenvalue weighted by molar-refractivity contribution is 0.309. The van der Waals surface area contributed by atoms with Crippen LogP contribution in [0.3, 0.4) is 0 Å². The second-order valence-electron chi connectivity index (χ2n) is 5.43. The average Bonchev–Trinajstić information content (AvgIpc) is 1.80. The van der Waals surface area contributed by atoms with Gasteiger partial charge in [-0.2, -0.15) is 0 Å². The molecule has 0 aromatic carbocycles. The van der Waals surface area contributed by atoms with E-state index in [-0.39, 0.29) is 0 Å². The molecule has 72 valence electrons. The van der Waals surface area contributed by atoms with Gasteiger partial charge in [-0.05, 0) is 0 Å². The number of hydrogen-bond donors (Lipinski definition) is 2. The van der Waals surface area contributed by atoms with Crippen LogP contribution in [0.4, 0.5) is 0 Å². The highest BCUT2D eigenvalue weighted by atomic mass is 28.3. The summed E-state index contributed by atoms with van der Waals surface area (Å²) in [6.07, 6.45) is 0. The van der Waals surface area contributed by atoms with Crippen molar-refractivity contribution < 1.29 is 5.11 Å². The van der Waals surface area contributed by atoms with Crippen molar-refractivity contribution in [2.75, 3.05) is 0 Å².